The minimum absolute atomic E-state index is 0. The second-order valence-corrected chi connectivity index (χ2v) is 8.98. The van der Waals surface area contributed by atoms with E-state index in [9.17, 15) is 13.2 Å². The fraction of sp³-hybridized carbons (Fsp3) is 0.632. The number of morpholine rings is 1. The lowest BCUT2D eigenvalue weighted by atomic mass is 10.0. The van der Waals surface area contributed by atoms with Crippen LogP contribution in [-0.4, -0.2) is 69.0 Å². The molecular weight excluding hydrogens is 402 g/mol. The third-order valence-electron chi connectivity index (χ3n) is 5.44. The molecule has 3 rings (SSSR count). The van der Waals surface area contributed by atoms with Gasteiger partial charge in [0.15, 0.2) is 0 Å². The summed E-state index contributed by atoms with van der Waals surface area (Å²) in [5, 5.41) is 0. The first-order chi connectivity index (χ1) is 13.0. The Morgan fingerprint density at radius 1 is 1.21 bits per heavy atom. The molecule has 1 aromatic rings. The van der Waals surface area contributed by atoms with Crippen molar-refractivity contribution in [3.63, 3.8) is 0 Å². The van der Waals surface area contributed by atoms with Gasteiger partial charge in [-0.1, -0.05) is 13.0 Å². The number of amides is 1. The minimum Gasteiger partial charge on any atom is -0.379 e. The van der Waals surface area contributed by atoms with Crippen molar-refractivity contribution in [2.75, 3.05) is 39.4 Å². The summed E-state index contributed by atoms with van der Waals surface area (Å²) >= 11 is 0. The van der Waals surface area contributed by atoms with Gasteiger partial charge < -0.3 is 15.4 Å². The number of rotatable bonds is 5. The number of carbonyl (C=O) groups excluding carboxylic acids is 1. The Morgan fingerprint density at radius 3 is 2.57 bits per heavy atom. The van der Waals surface area contributed by atoms with Gasteiger partial charge in [0, 0.05) is 37.8 Å². The van der Waals surface area contributed by atoms with E-state index >= 15 is 0 Å². The van der Waals surface area contributed by atoms with Crippen LogP contribution in [0.5, 0.6) is 0 Å². The third kappa shape index (κ3) is 4.68. The fourth-order valence-corrected chi connectivity index (χ4v) is 5.55. The Bertz CT molecular complexity index is 781. The normalized spacial score (nSPS) is 21.2. The highest BCUT2D eigenvalue weighted by atomic mass is 35.5. The van der Waals surface area contributed by atoms with Crippen molar-refractivity contribution in [3.05, 3.63) is 29.3 Å². The van der Waals surface area contributed by atoms with Crippen LogP contribution in [0.4, 0.5) is 0 Å². The lowest BCUT2D eigenvalue weighted by Gasteiger charge is -2.35. The van der Waals surface area contributed by atoms with E-state index < -0.39 is 10.0 Å². The second-order valence-electron chi connectivity index (χ2n) is 7.08. The number of likely N-dealkylation sites (tertiary alicyclic amines) is 1. The molecule has 158 valence electrons. The highest BCUT2D eigenvalue weighted by Crippen LogP contribution is 2.26. The number of piperidine rings is 1. The Balaban J connectivity index is 0.00000280. The summed E-state index contributed by atoms with van der Waals surface area (Å²) in [7, 11) is -3.65. The Kier molecular flexibility index (Phi) is 8.27. The predicted octanol–water partition coefficient (Wildman–Crippen LogP) is 1.65. The Hall–Kier alpha value is -1.19. The summed E-state index contributed by atoms with van der Waals surface area (Å²) in [4.78, 5) is 15.1. The summed E-state index contributed by atoms with van der Waals surface area (Å²) < 4.78 is 33.0. The topological polar surface area (TPSA) is 92.9 Å². The lowest BCUT2D eigenvalue weighted by molar-refractivity contribution is 0.0623. The monoisotopic (exact) mass is 431 g/mol. The van der Waals surface area contributed by atoms with Crippen LogP contribution in [-0.2, 0) is 21.2 Å². The highest BCUT2D eigenvalue weighted by molar-refractivity contribution is 7.89. The van der Waals surface area contributed by atoms with E-state index in [4.69, 9.17) is 10.5 Å². The van der Waals surface area contributed by atoms with Crippen molar-refractivity contribution in [1.29, 1.82) is 0 Å². The zero-order valence-corrected chi connectivity index (χ0v) is 17.9. The van der Waals surface area contributed by atoms with E-state index in [1.54, 1.807) is 23.1 Å². The van der Waals surface area contributed by atoms with E-state index in [1.165, 1.54) is 4.31 Å². The summed E-state index contributed by atoms with van der Waals surface area (Å²) in [6, 6.07) is 5.08. The zero-order chi connectivity index (χ0) is 19.4. The number of hydrogen-bond acceptors (Lipinski definition) is 5. The van der Waals surface area contributed by atoms with Crippen LogP contribution in [0.25, 0.3) is 0 Å². The summed E-state index contributed by atoms with van der Waals surface area (Å²) in [5.74, 6) is -0.133. The van der Waals surface area contributed by atoms with Gasteiger partial charge in [0.1, 0.15) is 0 Å². The minimum atomic E-state index is -3.65. The van der Waals surface area contributed by atoms with Gasteiger partial charge in [0.05, 0.1) is 18.1 Å². The third-order valence-corrected chi connectivity index (χ3v) is 7.42. The van der Waals surface area contributed by atoms with Crippen LogP contribution < -0.4 is 5.73 Å². The molecule has 0 bridgehead atoms. The van der Waals surface area contributed by atoms with Gasteiger partial charge in [-0.25, -0.2) is 8.42 Å². The van der Waals surface area contributed by atoms with Gasteiger partial charge in [-0.3, -0.25) is 4.79 Å². The molecule has 0 saturated carbocycles. The summed E-state index contributed by atoms with van der Waals surface area (Å²) in [6.07, 6.45) is 3.50. The molecular formula is C19H30ClN3O4S. The number of carbonyl (C=O) groups is 1. The van der Waals surface area contributed by atoms with Crippen molar-refractivity contribution in [2.45, 2.75) is 43.5 Å². The maximum atomic E-state index is 13.2. The molecule has 1 atom stereocenters. The smallest absolute Gasteiger partial charge is 0.254 e. The number of nitrogens with two attached hydrogens (primary N) is 1. The summed E-state index contributed by atoms with van der Waals surface area (Å²) in [6.45, 7) is 4.48. The molecule has 2 N–H and O–H groups in total. The fourth-order valence-electron chi connectivity index (χ4n) is 3.82. The van der Waals surface area contributed by atoms with Crippen LogP contribution in [0, 0.1) is 0 Å². The predicted molar refractivity (Wildman–Crippen MR) is 110 cm³/mol. The van der Waals surface area contributed by atoms with Gasteiger partial charge in [-0.15, -0.1) is 12.4 Å². The van der Waals surface area contributed by atoms with Crippen LogP contribution in [0.1, 0.15) is 42.1 Å². The number of sulfonamides is 1. The van der Waals surface area contributed by atoms with Gasteiger partial charge in [-0.05, 0) is 43.4 Å². The SMILES string of the molecule is CCc1ccc(C(=O)N2CCCCC2CN)cc1S(=O)(=O)N1CCOCC1.Cl. The van der Waals surface area contributed by atoms with E-state index in [-0.39, 0.29) is 29.3 Å². The lowest BCUT2D eigenvalue weighted by Crippen LogP contribution is -2.47. The number of halogens is 1. The van der Waals surface area contributed by atoms with Gasteiger partial charge in [0.2, 0.25) is 10.0 Å². The van der Waals surface area contributed by atoms with Gasteiger partial charge in [0.25, 0.3) is 5.91 Å². The van der Waals surface area contributed by atoms with E-state index in [0.717, 1.165) is 24.8 Å². The summed E-state index contributed by atoms with van der Waals surface area (Å²) in [5.41, 5.74) is 6.99. The molecule has 2 aliphatic rings. The second kappa shape index (κ2) is 10.0. The van der Waals surface area contributed by atoms with Crippen LogP contribution in [0.3, 0.4) is 0 Å². The number of aryl methyl sites for hydroxylation is 1. The first-order valence-electron chi connectivity index (χ1n) is 9.71. The molecule has 0 aromatic heterocycles. The molecule has 2 heterocycles. The van der Waals surface area contributed by atoms with Crippen molar-refractivity contribution < 1.29 is 17.9 Å². The molecule has 0 spiro atoms. The van der Waals surface area contributed by atoms with Crippen molar-refractivity contribution in [1.82, 2.24) is 9.21 Å². The van der Waals surface area contributed by atoms with Gasteiger partial charge >= 0.3 is 0 Å². The van der Waals surface area contributed by atoms with E-state index in [0.29, 0.717) is 51.4 Å². The number of benzene rings is 1. The zero-order valence-electron chi connectivity index (χ0n) is 16.3. The van der Waals surface area contributed by atoms with E-state index in [2.05, 4.69) is 0 Å². The average molecular weight is 432 g/mol. The van der Waals surface area contributed by atoms with Crippen LogP contribution in [0.2, 0.25) is 0 Å². The number of nitrogens with zero attached hydrogens (tertiary/aromatic N) is 2. The van der Waals surface area contributed by atoms with Crippen molar-refractivity contribution in [2.24, 2.45) is 5.73 Å². The number of ether oxygens (including phenoxy) is 1. The van der Waals surface area contributed by atoms with Gasteiger partial charge in [-0.2, -0.15) is 4.31 Å². The Labute approximate surface area is 173 Å². The molecule has 0 radical (unpaired) electrons. The molecule has 2 saturated heterocycles. The average Bonchev–Trinajstić information content (AvgIpc) is 2.73. The van der Waals surface area contributed by atoms with Crippen LogP contribution >= 0.6 is 12.4 Å². The first-order valence-corrected chi connectivity index (χ1v) is 11.1. The largest absolute Gasteiger partial charge is 0.379 e. The maximum Gasteiger partial charge on any atom is 0.254 e. The maximum absolute atomic E-state index is 13.2. The molecule has 2 aliphatic heterocycles. The van der Waals surface area contributed by atoms with Crippen molar-refractivity contribution >= 4 is 28.3 Å². The molecule has 1 unspecified atom stereocenters. The molecule has 0 aliphatic carbocycles. The standard InChI is InChI=1S/C19H29N3O4S.ClH/c1-2-15-6-7-16(19(23)22-8-4-3-5-17(22)14-20)13-18(15)27(24,25)21-9-11-26-12-10-21;/h6-7,13,17H,2-5,8-12,14,20H2,1H3;1H. The molecule has 1 aromatic carbocycles. The molecule has 2 fully saturated rings. The Morgan fingerprint density at radius 2 is 1.93 bits per heavy atom. The first kappa shape index (κ1) is 23.1. The number of hydrogen-bond donors (Lipinski definition) is 1. The highest BCUT2D eigenvalue weighted by Gasteiger charge is 2.31. The molecule has 9 heteroatoms. The van der Waals surface area contributed by atoms with Crippen molar-refractivity contribution in [3.8, 4) is 0 Å². The molecule has 28 heavy (non-hydrogen) atoms. The molecule has 7 nitrogen and oxygen atoms in total. The van der Waals surface area contributed by atoms with Crippen LogP contribution in [0.15, 0.2) is 23.1 Å². The molecule has 1 amide bonds. The van der Waals surface area contributed by atoms with E-state index in [1.807, 2.05) is 6.92 Å². The quantitative estimate of drug-likeness (QED) is 0.765.